The maximum absolute atomic E-state index is 12.8. The quantitative estimate of drug-likeness (QED) is 0.665. The predicted octanol–water partition coefficient (Wildman–Crippen LogP) is 3.45. The Labute approximate surface area is 167 Å². The van der Waals surface area contributed by atoms with Crippen LogP contribution in [0.5, 0.6) is 5.75 Å². The van der Waals surface area contributed by atoms with Gasteiger partial charge in [0.05, 0.1) is 31.1 Å². The molecule has 7 nitrogen and oxygen atoms in total. The average Bonchev–Trinajstić information content (AvgIpc) is 3.17. The first-order valence-corrected chi connectivity index (χ1v) is 8.84. The molecule has 0 bridgehead atoms. The summed E-state index contributed by atoms with van der Waals surface area (Å²) in [6.45, 7) is -0.110. The van der Waals surface area contributed by atoms with Crippen LogP contribution in [0.3, 0.4) is 0 Å². The van der Waals surface area contributed by atoms with Crippen LogP contribution in [0.15, 0.2) is 54.7 Å². The molecule has 1 heterocycles. The Bertz CT molecular complexity index is 985. The number of amides is 2. The third-order valence-corrected chi connectivity index (χ3v) is 4.34. The zero-order valence-corrected chi connectivity index (χ0v) is 16.2. The fraction of sp³-hybridized carbons (Fsp3) is 0.150. The van der Waals surface area contributed by atoms with Crippen LogP contribution in [0, 0.1) is 0 Å². The minimum atomic E-state index is -0.320. The maximum atomic E-state index is 12.8. The summed E-state index contributed by atoms with van der Waals surface area (Å²) in [6.07, 6.45) is 1.45. The molecule has 0 spiro atoms. The van der Waals surface area contributed by atoms with E-state index in [1.54, 1.807) is 62.7 Å². The molecule has 144 valence electrons. The highest BCUT2D eigenvalue weighted by atomic mass is 35.5. The van der Waals surface area contributed by atoms with E-state index in [0.717, 1.165) is 5.56 Å². The lowest BCUT2D eigenvalue weighted by atomic mass is 10.1. The van der Waals surface area contributed by atoms with E-state index in [1.165, 1.54) is 11.1 Å². The van der Waals surface area contributed by atoms with Gasteiger partial charge in [-0.2, -0.15) is 5.10 Å². The van der Waals surface area contributed by atoms with Gasteiger partial charge in [0.25, 0.3) is 5.91 Å². The molecule has 28 heavy (non-hydrogen) atoms. The highest BCUT2D eigenvalue weighted by molar-refractivity contribution is 6.30. The summed E-state index contributed by atoms with van der Waals surface area (Å²) in [5, 5.41) is 10.1. The Morgan fingerprint density at radius 3 is 2.68 bits per heavy atom. The summed E-state index contributed by atoms with van der Waals surface area (Å²) in [4.78, 5) is 26.4. The number of aromatic nitrogens is 2. The van der Waals surface area contributed by atoms with Crippen molar-refractivity contribution in [2.75, 3.05) is 26.0 Å². The number of rotatable bonds is 6. The number of benzene rings is 2. The molecular weight excluding hydrogens is 380 g/mol. The van der Waals surface area contributed by atoms with Crippen LogP contribution in [0.1, 0.15) is 10.4 Å². The molecule has 8 heteroatoms. The molecule has 0 aliphatic carbocycles. The van der Waals surface area contributed by atoms with Gasteiger partial charge in [-0.1, -0.05) is 29.8 Å². The summed E-state index contributed by atoms with van der Waals surface area (Å²) < 4.78 is 5.13. The maximum Gasteiger partial charge on any atom is 0.257 e. The zero-order chi connectivity index (χ0) is 20.1. The van der Waals surface area contributed by atoms with Crippen molar-refractivity contribution < 1.29 is 14.3 Å². The van der Waals surface area contributed by atoms with E-state index < -0.39 is 0 Å². The van der Waals surface area contributed by atoms with Gasteiger partial charge < -0.3 is 15.0 Å². The van der Waals surface area contributed by atoms with Gasteiger partial charge in [0.15, 0.2) is 0 Å². The number of aromatic amines is 1. The molecule has 0 radical (unpaired) electrons. The average molecular weight is 399 g/mol. The molecule has 2 aromatic carbocycles. The normalized spacial score (nSPS) is 10.4. The van der Waals surface area contributed by atoms with Gasteiger partial charge in [-0.15, -0.1) is 0 Å². The molecule has 0 atom stereocenters. The first-order chi connectivity index (χ1) is 13.5. The minimum Gasteiger partial charge on any atom is -0.497 e. The van der Waals surface area contributed by atoms with Crippen LogP contribution in [0.25, 0.3) is 11.3 Å². The minimum absolute atomic E-state index is 0.110. The van der Waals surface area contributed by atoms with E-state index in [2.05, 4.69) is 15.5 Å². The number of carbonyl (C=O) groups is 2. The summed E-state index contributed by atoms with van der Waals surface area (Å²) in [6, 6.07) is 14.1. The Hall–Kier alpha value is -3.32. The number of methoxy groups -OCH3 is 1. The van der Waals surface area contributed by atoms with Crippen molar-refractivity contribution in [2.24, 2.45) is 0 Å². The van der Waals surface area contributed by atoms with Gasteiger partial charge in [0.1, 0.15) is 5.75 Å². The number of ether oxygens (including phenoxy) is 1. The fourth-order valence-corrected chi connectivity index (χ4v) is 2.81. The topological polar surface area (TPSA) is 87.3 Å². The van der Waals surface area contributed by atoms with Crippen molar-refractivity contribution in [2.45, 2.75) is 0 Å². The predicted molar refractivity (Wildman–Crippen MR) is 108 cm³/mol. The summed E-state index contributed by atoms with van der Waals surface area (Å²) >= 11 is 5.92. The van der Waals surface area contributed by atoms with Gasteiger partial charge in [-0.25, -0.2) is 0 Å². The van der Waals surface area contributed by atoms with E-state index in [-0.39, 0.29) is 18.4 Å². The van der Waals surface area contributed by atoms with Gasteiger partial charge in [-0.3, -0.25) is 14.7 Å². The second kappa shape index (κ2) is 8.58. The standard InChI is InChI=1S/C20H19ClN4O3/c1-25(12-18(26)23-15-4-3-5-16(10-15)28-2)20(27)17-11-22-24-19(17)13-6-8-14(21)9-7-13/h3-11H,12H2,1-2H3,(H,22,24)(H,23,26). The summed E-state index contributed by atoms with van der Waals surface area (Å²) in [7, 11) is 3.11. The number of hydrogen-bond acceptors (Lipinski definition) is 4. The third kappa shape index (κ3) is 4.50. The van der Waals surface area contributed by atoms with Crippen LogP contribution in [0.2, 0.25) is 5.02 Å². The molecule has 1 aromatic heterocycles. The van der Waals surface area contributed by atoms with Crippen LogP contribution < -0.4 is 10.1 Å². The number of likely N-dealkylation sites (N-methyl/N-ethyl adjacent to an activating group) is 1. The Morgan fingerprint density at radius 2 is 1.96 bits per heavy atom. The lowest BCUT2D eigenvalue weighted by molar-refractivity contribution is -0.116. The zero-order valence-electron chi connectivity index (χ0n) is 15.4. The number of hydrogen-bond donors (Lipinski definition) is 2. The molecule has 0 unspecified atom stereocenters. The first kappa shape index (κ1) is 19.4. The largest absolute Gasteiger partial charge is 0.497 e. The van der Waals surface area contributed by atoms with Crippen molar-refractivity contribution in [1.82, 2.24) is 15.1 Å². The highest BCUT2D eigenvalue weighted by Gasteiger charge is 2.20. The summed E-state index contributed by atoms with van der Waals surface area (Å²) in [5.74, 6) is -0.00614. The van der Waals surface area contributed by atoms with E-state index in [0.29, 0.717) is 27.7 Å². The number of nitrogens with one attached hydrogen (secondary N) is 2. The molecular formula is C20H19ClN4O3. The molecule has 0 saturated heterocycles. The molecule has 3 rings (SSSR count). The second-order valence-corrected chi connectivity index (χ2v) is 6.54. The first-order valence-electron chi connectivity index (χ1n) is 8.46. The Kier molecular flexibility index (Phi) is 5.96. The van der Waals surface area contributed by atoms with E-state index in [4.69, 9.17) is 16.3 Å². The molecule has 0 aliphatic heterocycles. The molecule has 2 N–H and O–H groups in total. The van der Waals surface area contributed by atoms with Crippen LogP contribution in [-0.4, -0.2) is 47.6 Å². The Morgan fingerprint density at radius 1 is 1.21 bits per heavy atom. The van der Waals surface area contributed by atoms with Crippen molar-refractivity contribution in [3.63, 3.8) is 0 Å². The van der Waals surface area contributed by atoms with Crippen LogP contribution >= 0.6 is 11.6 Å². The number of anilines is 1. The SMILES string of the molecule is COc1cccc(NC(=O)CN(C)C(=O)c2cn[nH]c2-c2ccc(Cl)cc2)c1. The van der Waals surface area contributed by atoms with Crippen molar-refractivity contribution in [1.29, 1.82) is 0 Å². The van der Waals surface area contributed by atoms with Gasteiger partial charge in [0, 0.05) is 29.4 Å². The van der Waals surface area contributed by atoms with E-state index >= 15 is 0 Å². The number of carbonyl (C=O) groups excluding carboxylic acids is 2. The van der Waals surface area contributed by atoms with Crippen molar-refractivity contribution in [3.8, 4) is 17.0 Å². The highest BCUT2D eigenvalue weighted by Crippen LogP contribution is 2.24. The van der Waals surface area contributed by atoms with Gasteiger partial charge in [-0.05, 0) is 24.3 Å². The molecule has 2 amide bonds. The Balaban J connectivity index is 1.69. The smallest absolute Gasteiger partial charge is 0.257 e. The number of halogens is 1. The van der Waals surface area contributed by atoms with E-state index in [1.807, 2.05) is 0 Å². The fourth-order valence-electron chi connectivity index (χ4n) is 2.68. The lowest BCUT2D eigenvalue weighted by Gasteiger charge is -2.17. The monoisotopic (exact) mass is 398 g/mol. The lowest BCUT2D eigenvalue weighted by Crippen LogP contribution is -2.35. The second-order valence-electron chi connectivity index (χ2n) is 6.11. The van der Waals surface area contributed by atoms with E-state index in [9.17, 15) is 9.59 Å². The molecule has 0 fully saturated rings. The van der Waals surface area contributed by atoms with Crippen LogP contribution in [0.4, 0.5) is 5.69 Å². The van der Waals surface area contributed by atoms with Crippen molar-refractivity contribution >= 4 is 29.1 Å². The van der Waals surface area contributed by atoms with Crippen LogP contribution in [-0.2, 0) is 4.79 Å². The molecule has 3 aromatic rings. The number of nitrogens with zero attached hydrogens (tertiary/aromatic N) is 2. The summed E-state index contributed by atoms with van der Waals surface area (Å²) in [5.41, 5.74) is 2.32. The molecule has 0 aliphatic rings. The molecule has 0 saturated carbocycles. The van der Waals surface area contributed by atoms with Gasteiger partial charge >= 0.3 is 0 Å². The number of H-pyrrole nitrogens is 1. The van der Waals surface area contributed by atoms with Gasteiger partial charge in [0.2, 0.25) is 5.91 Å². The third-order valence-electron chi connectivity index (χ3n) is 4.08. The van der Waals surface area contributed by atoms with Crippen molar-refractivity contribution in [3.05, 3.63) is 65.3 Å².